The number of aliphatic hydroxyl groups is 1. The number of carbonyl (C=O) groups is 1. The number of nitrogens with zero attached hydrogens (tertiary/aromatic N) is 2. The highest BCUT2D eigenvalue weighted by atomic mass is 16.3. The highest BCUT2D eigenvalue weighted by Gasteiger charge is 2.19. The minimum absolute atomic E-state index is 0.0769. The molecule has 21 heavy (non-hydrogen) atoms. The van der Waals surface area contributed by atoms with Crippen LogP contribution >= 0.6 is 0 Å². The van der Waals surface area contributed by atoms with Gasteiger partial charge in [0.25, 0.3) is 0 Å². The summed E-state index contributed by atoms with van der Waals surface area (Å²) in [6, 6.07) is 1.78. The van der Waals surface area contributed by atoms with Crippen molar-refractivity contribution in [1.29, 1.82) is 0 Å². The number of hydrogen-bond donors (Lipinski definition) is 2. The number of nitrogens with one attached hydrogen (secondary N) is 1. The number of amides is 2. The van der Waals surface area contributed by atoms with Crippen LogP contribution in [0.3, 0.4) is 0 Å². The number of carbonyl (C=O) groups excluding carboxylic acids is 1. The predicted octanol–water partition coefficient (Wildman–Crippen LogP) is 1.13. The van der Waals surface area contributed by atoms with Gasteiger partial charge < -0.3 is 24.6 Å². The van der Waals surface area contributed by atoms with Crippen LogP contribution in [0.25, 0.3) is 0 Å². The fourth-order valence-electron chi connectivity index (χ4n) is 2.69. The molecule has 6 nitrogen and oxygen atoms in total. The van der Waals surface area contributed by atoms with Gasteiger partial charge in [0, 0.05) is 38.9 Å². The van der Waals surface area contributed by atoms with Crippen molar-refractivity contribution in [1.82, 2.24) is 15.1 Å². The first-order valence-electron chi connectivity index (χ1n) is 7.52. The van der Waals surface area contributed by atoms with Crippen molar-refractivity contribution in [2.75, 3.05) is 39.8 Å². The third kappa shape index (κ3) is 5.06. The molecule has 2 N–H and O–H groups in total. The Hall–Kier alpha value is -1.53. The number of hydrogen-bond acceptors (Lipinski definition) is 4. The van der Waals surface area contributed by atoms with E-state index in [1.165, 1.54) is 0 Å². The Morgan fingerprint density at radius 1 is 1.62 bits per heavy atom. The van der Waals surface area contributed by atoms with Crippen LogP contribution in [-0.4, -0.2) is 60.8 Å². The standard InChI is InChI=1S/C15H25N3O3/c1-17(9-14-4-8-21-12-14)15(20)16-5-7-18-6-2-3-13(10-18)11-19/h4,8,12-13,19H,2-3,5-7,9-11H2,1H3,(H,16,20). The molecule has 0 aromatic carbocycles. The van der Waals surface area contributed by atoms with Crippen molar-refractivity contribution in [2.24, 2.45) is 5.92 Å². The van der Waals surface area contributed by atoms with Crippen LogP contribution in [0.5, 0.6) is 0 Å². The van der Waals surface area contributed by atoms with E-state index in [2.05, 4.69) is 10.2 Å². The van der Waals surface area contributed by atoms with Crippen molar-refractivity contribution in [3.8, 4) is 0 Å². The zero-order valence-corrected chi connectivity index (χ0v) is 12.6. The SMILES string of the molecule is CN(Cc1ccoc1)C(=O)NCCN1CCCC(CO)C1. The van der Waals surface area contributed by atoms with Crippen LogP contribution in [0.1, 0.15) is 18.4 Å². The molecular formula is C15H25N3O3. The summed E-state index contributed by atoms with van der Waals surface area (Å²) in [5.74, 6) is 0.387. The van der Waals surface area contributed by atoms with Crippen LogP contribution in [0.15, 0.2) is 23.0 Å². The fraction of sp³-hybridized carbons (Fsp3) is 0.667. The summed E-state index contributed by atoms with van der Waals surface area (Å²) in [6.07, 6.45) is 5.48. The first-order valence-corrected chi connectivity index (χ1v) is 7.52. The average molecular weight is 295 g/mol. The smallest absolute Gasteiger partial charge is 0.317 e. The first kappa shape index (κ1) is 15.9. The van der Waals surface area contributed by atoms with Crippen molar-refractivity contribution in [2.45, 2.75) is 19.4 Å². The van der Waals surface area contributed by atoms with Gasteiger partial charge in [0.05, 0.1) is 19.1 Å². The molecule has 118 valence electrons. The Morgan fingerprint density at radius 3 is 3.19 bits per heavy atom. The van der Waals surface area contributed by atoms with Crippen molar-refractivity contribution >= 4 is 6.03 Å². The predicted molar refractivity (Wildman–Crippen MR) is 79.8 cm³/mol. The van der Waals surface area contributed by atoms with Gasteiger partial charge in [0.1, 0.15) is 0 Å². The average Bonchev–Trinajstić information content (AvgIpc) is 3.00. The van der Waals surface area contributed by atoms with Crippen molar-refractivity contribution < 1.29 is 14.3 Å². The second kappa shape index (κ2) is 8.05. The molecule has 1 saturated heterocycles. The molecule has 0 saturated carbocycles. The molecule has 2 rings (SSSR count). The van der Waals surface area contributed by atoms with Crippen LogP contribution in [0.4, 0.5) is 4.79 Å². The Kier molecular flexibility index (Phi) is 6.07. The zero-order chi connectivity index (χ0) is 15.1. The van der Waals surface area contributed by atoms with Gasteiger partial charge in [-0.05, 0) is 31.4 Å². The molecule has 0 spiro atoms. The molecule has 6 heteroatoms. The Morgan fingerprint density at radius 2 is 2.48 bits per heavy atom. The first-order chi connectivity index (χ1) is 10.2. The number of likely N-dealkylation sites (tertiary alicyclic amines) is 1. The summed E-state index contributed by atoms with van der Waals surface area (Å²) in [5.41, 5.74) is 0.981. The number of rotatable bonds is 6. The molecule has 1 atom stereocenters. The van der Waals surface area contributed by atoms with Gasteiger partial charge >= 0.3 is 6.03 Å². The fourth-order valence-corrected chi connectivity index (χ4v) is 2.69. The normalized spacial score (nSPS) is 19.4. The molecule has 2 heterocycles. The van der Waals surface area contributed by atoms with Gasteiger partial charge in [-0.15, -0.1) is 0 Å². The third-order valence-electron chi connectivity index (χ3n) is 3.91. The van der Waals surface area contributed by atoms with Crippen LogP contribution in [0, 0.1) is 5.92 Å². The number of piperidine rings is 1. The van der Waals surface area contributed by atoms with E-state index in [1.807, 2.05) is 6.07 Å². The summed E-state index contributed by atoms with van der Waals surface area (Å²) in [7, 11) is 1.77. The highest BCUT2D eigenvalue weighted by molar-refractivity contribution is 5.73. The van der Waals surface area contributed by atoms with Gasteiger partial charge in [0.2, 0.25) is 0 Å². The highest BCUT2D eigenvalue weighted by Crippen LogP contribution is 2.14. The second-order valence-electron chi connectivity index (χ2n) is 5.71. The number of aliphatic hydroxyl groups excluding tert-OH is 1. The topological polar surface area (TPSA) is 69.0 Å². The molecule has 0 aliphatic carbocycles. The molecule has 0 bridgehead atoms. The van der Waals surface area contributed by atoms with E-state index in [0.29, 0.717) is 19.0 Å². The molecule has 1 aliphatic heterocycles. The van der Waals surface area contributed by atoms with E-state index in [4.69, 9.17) is 4.42 Å². The maximum atomic E-state index is 12.0. The van der Waals surface area contributed by atoms with E-state index in [9.17, 15) is 9.90 Å². The van der Waals surface area contributed by atoms with E-state index >= 15 is 0 Å². The molecule has 2 amide bonds. The molecule has 1 aromatic rings. The molecule has 0 radical (unpaired) electrons. The molecule has 1 fully saturated rings. The Balaban J connectivity index is 1.64. The molecule has 1 aliphatic rings. The summed E-state index contributed by atoms with van der Waals surface area (Å²) < 4.78 is 4.99. The minimum Gasteiger partial charge on any atom is -0.472 e. The van der Waals surface area contributed by atoms with Gasteiger partial charge in [-0.3, -0.25) is 0 Å². The Bertz CT molecular complexity index is 422. The molecule has 1 unspecified atom stereocenters. The van der Waals surface area contributed by atoms with Crippen LogP contribution < -0.4 is 5.32 Å². The Labute approximate surface area is 125 Å². The lowest BCUT2D eigenvalue weighted by Crippen LogP contribution is -2.44. The third-order valence-corrected chi connectivity index (χ3v) is 3.91. The summed E-state index contributed by atoms with van der Waals surface area (Å²) in [6.45, 7) is 4.25. The summed E-state index contributed by atoms with van der Waals surface area (Å²) >= 11 is 0. The van der Waals surface area contributed by atoms with Crippen LogP contribution in [-0.2, 0) is 6.54 Å². The van der Waals surface area contributed by atoms with E-state index in [1.54, 1.807) is 24.5 Å². The lowest BCUT2D eigenvalue weighted by Gasteiger charge is -2.31. The quantitative estimate of drug-likeness (QED) is 0.825. The second-order valence-corrected chi connectivity index (χ2v) is 5.71. The maximum Gasteiger partial charge on any atom is 0.317 e. The van der Waals surface area contributed by atoms with Gasteiger partial charge in [0.15, 0.2) is 0 Å². The largest absolute Gasteiger partial charge is 0.472 e. The number of urea groups is 1. The monoisotopic (exact) mass is 295 g/mol. The van der Waals surface area contributed by atoms with E-state index < -0.39 is 0 Å². The maximum absolute atomic E-state index is 12.0. The zero-order valence-electron chi connectivity index (χ0n) is 12.6. The summed E-state index contributed by atoms with van der Waals surface area (Å²) in [4.78, 5) is 15.9. The van der Waals surface area contributed by atoms with Crippen molar-refractivity contribution in [3.63, 3.8) is 0 Å². The minimum atomic E-state index is -0.0769. The van der Waals surface area contributed by atoms with E-state index in [-0.39, 0.29) is 12.6 Å². The lowest BCUT2D eigenvalue weighted by molar-refractivity contribution is 0.121. The molecule has 1 aromatic heterocycles. The van der Waals surface area contributed by atoms with Crippen molar-refractivity contribution in [3.05, 3.63) is 24.2 Å². The lowest BCUT2D eigenvalue weighted by atomic mass is 9.99. The van der Waals surface area contributed by atoms with Gasteiger partial charge in [-0.2, -0.15) is 0 Å². The van der Waals surface area contributed by atoms with Gasteiger partial charge in [-0.25, -0.2) is 4.79 Å². The van der Waals surface area contributed by atoms with Gasteiger partial charge in [-0.1, -0.05) is 0 Å². The molecular weight excluding hydrogens is 270 g/mol. The number of furan rings is 1. The van der Waals surface area contributed by atoms with E-state index in [0.717, 1.165) is 38.0 Å². The summed E-state index contributed by atoms with van der Waals surface area (Å²) in [5, 5.41) is 12.1. The van der Waals surface area contributed by atoms with Crippen LogP contribution in [0.2, 0.25) is 0 Å².